The van der Waals surface area contributed by atoms with Crippen molar-refractivity contribution in [2.75, 3.05) is 5.73 Å². The van der Waals surface area contributed by atoms with E-state index in [1.165, 1.54) is 6.07 Å². The molecule has 0 atom stereocenters. The van der Waals surface area contributed by atoms with Crippen molar-refractivity contribution in [1.82, 2.24) is 14.6 Å². The SMILES string of the molecule is Cc1nnc2c(N)c(-c3ccccc3F)c3cc(Br)ccc3n12. The summed E-state index contributed by atoms with van der Waals surface area (Å²) in [5.74, 6) is 0.417. The van der Waals surface area contributed by atoms with Crippen LogP contribution >= 0.6 is 15.9 Å². The Morgan fingerprint density at radius 3 is 2.70 bits per heavy atom. The summed E-state index contributed by atoms with van der Waals surface area (Å²) in [5, 5.41) is 9.12. The van der Waals surface area contributed by atoms with Gasteiger partial charge in [0, 0.05) is 21.0 Å². The van der Waals surface area contributed by atoms with Gasteiger partial charge in [0.2, 0.25) is 0 Å². The van der Waals surface area contributed by atoms with Gasteiger partial charge in [0.05, 0.1) is 11.2 Å². The van der Waals surface area contributed by atoms with E-state index in [2.05, 4.69) is 26.1 Å². The van der Waals surface area contributed by atoms with Gasteiger partial charge in [-0.05, 0) is 31.2 Å². The molecule has 0 aliphatic rings. The quantitative estimate of drug-likeness (QED) is 0.542. The van der Waals surface area contributed by atoms with Gasteiger partial charge in [-0.15, -0.1) is 10.2 Å². The molecule has 23 heavy (non-hydrogen) atoms. The lowest BCUT2D eigenvalue weighted by Gasteiger charge is -2.14. The molecule has 2 N–H and O–H groups in total. The van der Waals surface area contributed by atoms with Gasteiger partial charge < -0.3 is 5.73 Å². The lowest BCUT2D eigenvalue weighted by Crippen LogP contribution is -2.01. The molecule has 0 radical (unpaired) electrons. The Kier molecular flexibility index (Phi) is 3.09. The zero-order chi connectivity index (χ0) is 16.1. The molecular weight excluding hydrogens is 359 g/mol. The van der Waals surface area contributed by atoms with Crippen molar-refractivity contribution in [2.24, 2.45) is 0 Å². The van der Waals surface area contributed by atoms with Crippen molar-refractivity contribution in [2.45, 2.75) is 6.92 Å². The van der Waals surface area contributed by atoms with E-state index in [-0.39, 0.29) is 5.82 Å². The first kappa shape index (κ1) is 14.1. The molecule has 0 saturated carbocycles. The van der Waals surface area contributed by atoms with E-state index < -0.39 is 0 Å². The number of rotatable bonds is 1. The summed E-state index contributed by atoms with van der Waals surface area (Å²) < 4.78 is 17.2. The molecule has 2 heterocycles. The van der Waals surface area contributed by atoms with Gasteiger partial charge in [-0.3, -0.25) is 4.40 Å². The van der Waals surface area contributed by atoms with Crippen LogP contribution < -0.4 is 5.73 Å². The molecular formula is C17H12BrFN4. The number of nitrogen functional groups attached to an aromatic ring is 1. The zero-order valence-corrected chi connectivity index (χ0v) is 13.8. The molecule has 0 bridgehead atoms. The summed E-state index contributed by atoms with van der Waals surface area (Å²) in [6.07, 6.45) is 0. The van der Waals surface area contributed by atoms with Crippen molar-refractivity contribution in [3.05, 3.63) is 58.6 Å². The standard InChI is InChI=1S/C17H12BrFN4/c1-9-21-22-17-16(20)15(11-4-2-3-5-13(11)19)12-8-10(18)6-7-14(12)23(9)17/h2-8H,20H2,1H3. The molecule has 2 aromatic heterocycles. The van der Waals surface area contributed by atoms with Crippen molar-refractivity contribution in [3.63, 3.8) is 0 Å². The largest absolute Gasteiger partial charge is 0.395 e. The number of benzene rings is 2. The maximum atomic E-state index is 14.4. The van der Waals surface area contributed by atoms with Gasteiger partial charge in [0.25, 0.3) is 0 Å². The minimum Gasteiger partial charge on any atom is -0.395 e. The number of nitrogens with two attached hydrogens (primary N) is 1. The number of aryl methyl sites for hydroxylation is 1. The molecule has 4 rings (SSSR count). The molecule has 0 unspecified atom stereocenters. The van der Waals surface area contributed by atoms with Crippen LogP contribution in [0.3, 0.4) is 0 Å². The number of hydrogen-bond acceptors (Lipinski definition) is 3. The van der Waals surface area contributed by atoms with Crippen LogP contribution in [0.2, 0.25) is 0 Å². The molecule has 0 amide bonds. The lowest BCUT2D eigenvalue weighted by atomic mass is 9.98. The van der Waals surface area contributed by atoms with Crippen LogP contribution in [0, 0.1) is 12.7 Å². The minimum absolute atomic E-state index is 0.318. The van der Waals surface area contributed by atoms with Gasteiger partial charge >= 0.3 is 0 Å². The second-order valence-electron chi connectivity index (χ2n) is 5.34. The van der Waals surface area contributed by atoms with Crippen molar-refractivity contribution < 1.29 is 4.39 Å². The fourth-order valence-corrected chi connectivity index (χ4v) is 3.30. The molecule has 114 valence electrons. The number of pyridine rings is 1. The van der Waals surface area contributed by atoms with Crippen LogP contribution in [0.15, 0.2) is 46.9 Å². The fourth-order valence-electron chi connectivity index (χ4n) is 2.94. The highest BCUT2D eigenvalue weighted by Gasteiger charge is 2.19. The number of fused-ring (bicyclic) bond motifs is 3. The molecule has 6 heteroatoms. The molecule has 0 saturated heterocycles. The van der Waals surface area contributed by atoms with Crippen LogP contribution in [-0.2, 0) is 0 Å². The second-order valence-corrected chi connectivity index (χ2v) is 6.25. The Bertz CT molecular complexity index is 1070. The van der Waals surface area contributed by atoms with E-state index in [4.69, 9.17) is 5.73 Å². The summed E-state index contributed by atoms with van der Waals surface area (Å²) in [5.41, 5.74) is 9.28. The van der Waals surface area contributed by atoms with Gasteiger partial charge in [-0.25, -0.2) is 4.39 Å². The normalized spacial score (nSPS) is 11.4. The average Bonchev–Trinajstić information content (AvgIpc) is 2.91. The molecule has 0 aliphatic heterocycles. The van der Waals surface area contributed by atoms with Crippen LogP contribution in [0.25, 0.3) is 27.7 Å². The minimum atomic E-state index is -0.318. The predicted molar refractivity (Wildman–Crippen MR) is 92.7 cm³/mol. The van der Waals surface area contributed by atoms with Crippen LogP contribution in [0.1, 0.15) is 5.82 Å². The number of aromatic nitrogens is 3. The molecule has 2 aromatic carbocycles. The van der Waals surface area contributed by atoms with Gasteiger partial charge in [-0.2, -0.15) is 0 Å². The smallest absolute Gasteiger partial charge is 0.185 e. The highest BCUT2D eigenvalue weighted by Crippen LogP contribution is 2.38. The fraction of sp³-hybridized carbons (Fsp3) is 0.0588. The summed E-state index contributed by atoms with van der Waals surface area (Å²) in [7, 11) is 0. The van der Waals surface area contributed by atoms with E-state index >= 15 is 0 Å². The monoisotopic (exact) mass is 370 g/mol. The molecule has 0 fully saturated rings. The van der Waals surface area contributed by atoms with E-state index in [0.29, 0.717) is 22.5 Å². The summed E-state index contributed by atoms with van der Waals surface area (Å²) in [6, 6.07) is 12.4. The molecule has 4 aromatic rings. The van der Waals surface area contributed by atoms with Crippen molar-refractivity contribution >= 4 is 38.2 Å². The third kappa shape index (κ3) is 2.02. The Labute approximate surface area is 139 Å². The second kappa shape index (κ2) is 5.03. The Balaban J connectivity index is 2.28. The highest BCUT2D eigenvalue weighted by molar-refractivity contribution is 9.10. The van der Waals surface area contributed by atoms with E-state index in [0.717, 1.165) is 21.2 Å². The Morgan fingerprint density at radius 1 is 1.13 bits per heavy atom. The Morgan fingerprint density at radius 2 is 1.91 bits per heavy atom. The van der Waals surface area contributed by atoms with E-state index in [9.17, 15) is 4.39 Å². The van der Waals surface area contributed by atoms with E-state index in [1.807, 2.05) is 29.5 Å². The van der Waals surface area contributed by atoms with Gasteiger partial charge in [0.15, 0.2) is 5.65 Å². The third-order valence-electron chi connectivity index (χ3n) is 3.95. The van der Waals surface area contributed by atoms with Gasteiger partial charge in [0.1, 0.15) is 11.6 Å². The van der Waals surface area contributed by atoms with E-state index in [1.54, 1.807) is 18.2 Å². The third-order valence-corrected chi connectivity index (χ3v) is 4.44. The maximum Gasteiger partial charge on any atom is 0.185 e. The zero-order valence-electron chi connectivity index (χ0n) is 12.2. The summed E-state index contributed by atoms with van der Waals surface area (Å²) in [6.45, 7) is 1.86. The lowest BCUT2D eigenvalue weighted by molar-refractivity contribution is 0.631. The highest BCUT2D eigenvalue weighted by atomic mass is 79.9. The Hall–Kier alpha value is -2.47. The summed E-state index contributed by atoms with van der Waals surface area (Å²) >= 11 is 3.48. The van der Waals surface area contributed by atoms with Crippen molar-refractivity contribution in [3.8, 4) is 11.1 Å². The van der Waals surface area contributed by atoms with Crippen LogP contribution in [-0.4, -0.2) is 14.6 Å². The molecule has 0 aliphatic carbocycles. The number of anilines is 1. The first-order valence-corrected chi connectivity index (χ1v) is 7.84. The number of hydrogen-bond donors (Lipinski definition) is 1. The predicted octanol–water partition coefficient (Wildman–Crippen LogP) is 4.34. The summed E-state index contributed by atoms with van der Waals surface area (Å²) in [4.78, 5) is 0. The van der Waals surface area contributed by atoms with Crippen LogP contribution in [0.5, 0.6) is 0 Å². The van der Waals surface area contributed by atoms with Gasteiger partial charge in [-0.1, -0.05) is 34.1 Å². The maximum absolute atomic E-state index is 14.4. The number of nitrogens with zero attached hydrogens (tertiary/aromatic N) is 3. The average molecular weight is 371 g/mol. The topological polar surface area (TPSA) is 56.2 Å². The first-order chi connectivity index (χ1) is 11.1. The molecule has 0 spiro atoms. The molecule has 4 nitrogen and oxygen atoms in total. The van der Waals surface area contributed by atoms with Crippen molar-refractivity contribution in [1.29, 1.82) is 0 Å². The first-order valence-electron chi connectivity index (χ1n) is 7.05. The number of halogens is 2. The van der Waals surface area contributed by atoms with Crippen LogP contribution in [0.4, 0.5) is 10.1 Å².